The van der Waals surface area contributed by atoms with Crippen molar-refractivity contribution in [2.24, 2.45) is 0 Å². The third kappa shape index (κ3) is 7.01. The first kappa shape index (κ1) is 23.7. The van der Waals surface area contributed by atoms with Gasteiger partial charge in [0.05, 0.1) is 10.6 Å². The van der Waals surface area contributed by atoms with Crippen LogP contribution in [-0.4, -0.2) is 50.2 Å². The predicted octanol–water partition coefficient (Wildman–Crippen LogP) is 3.12. The minimum absolute atomic E-state index is 0.0467. The van der Waals surface area contributed by atoms with Gasteiger partial charge in [-0.1, -0.05) is 6.07 Å². The fraction of sp³-hybridized carbons (Fsp3) is 0.556. The van der Waals surface area contributed by atoms with Crippen molar-refractivity contribution in [1.82, 2.24) is 9.73 Å². The zero-order valence-electron chi connectivity index (χ0n) is 17.6. The number of sulfonamides is 1. The Morgan fingerprint density at radius 1 is 0.964 bits per heavy atom. The molecule has 1 aromatic carbocycles. The number of amides is 2. The number of ether oxygens (including phenoxy) is 2. The number of carbonyl (C=O) groups is 2. The SMILES string of the molecule is CN(C)S(=O)(=O)c1cccc(N(NC(=O)OC(C)(C)C)C(=O)OC(C)(C)C)c1. The lowest BCUT2D eigenvalue weighted by molar-refractivity contribution is 0.0425. The predicted molar refractivity (Wildman–Crippen MR) is 105 cm³/mol. The fourth-order valence-corrected chi connectivity index (χ4v) is 2.85. The van der Waals surface area contributed by atoms with E-state index in [0.717, 1.165) is 9.31 Å². The van der Waals surface area contributed by atoms with Gasteiger partial charge in [-0.3, -0.25) is 0 Å². The summed E-state index contributed by atoms with van der Waals surface area (Å²) in [5.41, 5.74) is 0.782. The van der Waals surface area contributed by atoms with E-state index >= 15 is 0 Å². The highest BCUT2D eigenvalue weighted by Gasteiger charge is 2.28. The van der Waals surface area contributed by atoms with E-state index in [-0.39, 0.29) is 10.6 Å². The molecule has 1 N–H and O–H groups in total. The molecule has 9 nitrogen and oxygen atoms in total. The van der Waals surface area contributed by atoms with Crippen molar-refractivity contribution in [3.63, 3.8) is 0 Å². The van der Waals surface area contributed by atoms with Crippen LogP contribution in [0.15, 0.2) is 29.2 Å². The lowest BCUT2D eigenvalue weighted by Gasteiger charge is -2.29. The van der Waals surface area contributed by atoms with E-state index in [0.29, 0.717) is 0 Å². The zero-order chi connectivity index (χ0) is 21.9. The summed E-state index contributed by atoms with van der Waals surface area (Å²) in [5.74, 6) is 0. The second-order valence-electron chi connectivity index (χ2n) is 8.21. The summed E-state index contributed by atoms with van der Waals surface area (Å²) in [4.78, 5) is 24.8. The van der Waals surface area contributed by atoms with Crippen molar-refractivity contribution in [3.8, 4) is 0 Å². The molecule has 0 heterocycles. The first-order valence-corrected chi connectivity index (χ1v) is 10.0. The molecule has 0 fully saturated rings. The molecule has 158 valence electrons. The second kappa shape index (κ2) is 8.36. The number of hydrogen-bond donors (Lipinski definition) is 1. The second-order valence-corrected chi connectivity index (χ2v) is 10.4. The van der Waals surface area contributed by atoms with Crippen LogP contribution in [-0.2, 0) is 19.5 Å². The summed E-state index contributed by atoms with van der Waals surface area (Å²) in [7, 11) is -0.950. The minimum Gasteiger partial charge on any atom is -0.443 e. The van der Waals surface area contributed by atoms with Crippen LogP contribution in [0, 0.1) is 0 Å². The Labute approximate surface area is 166 Å². The number of benzene rings is 1. The number of nitrogens with zero attached hydrogens (tertiary/aromatic N) is 2. The number of anilines is 1. The van der Waals surface area contributed by atoms with Gasteiger partial charge in [0, 0.05) is 14.1 Å². The molecule has 0 saturated carbocycles. The van der Waals surface area contributed by atoms with Crippen LogP contribution < -0.4 is 10.4 Å². The van der Waals surface area contributed by atoms with Crippen LogP contribution >= 0.6 is 0 Å². The smallest absolute Gasteiger partial charge is 0.434 e. The first-order chi connectivity index (χ1) is 12.5. The van der Waals surface area contributed by atoms with Crippen molar-refractivity contribution in [2.75, 3.05) is 19.1 Å². The molecule has 10 heteroatoms. The highest BCUT2D eigenvalue weighted by Crippen LogP contribution is 2.22. The van der Waals surface area contributed by atoms with Crippen LogP contribution in [0.25, 0.3) is 0 Å². The minimum atomic E-state index is -3.74. The summed E-state index contributed by atoms with van der Waals surface area (Å²) in [6.07, 6.45) is -1.78. The Balaban J connectivity index is 3.32. The van der Waals surface area contributed by atoms with Gasteiger partial charge >= 0.3 is 12.2 Å². The largest absolute Gasteiger partial charge is 0.443 e. The topological polar surface area (TPSA) is 105 Å². The molecule has 28 heavy (non-hydrogen) atoms. The number of carbonyl (C=O) groups excluding carboxylic acids is 2. The first-order valence-electron chi connectivity index (χ1n) is 8.58. The van der Waals surface area contributed by atoms with Gasteiger partial charge in [0.15, 0.2) is 0 Å². The molecule has 1 rings (SSSR count). The molecule has 0 saturated heterocycles. The van der Waals surface area contributed by atoms with E-state index in [2.05, 4.69) is 5.43 Å². The molecule has 2 amide bonds. The lowest BCUT2D eigenvalue weighted by atomic mass is 10.2. The molecule has 0 aliphatic rings. The average Bonchev–Trinajstić information content (AvgIpc) is 2.49. The highest BCUT2D eigenvalue weighted by atomic mass is 32.2. The van der Waals surface area contributed by atoms with Crippen LogP contribution in [0.3, 0.4) is 0 Å². The van der Waals surface area contributed by atoms with Crippen LogP contribution in [0.2, 0.25) is 0 Å². The summed E-state index contributed by atoms with van der Waals surface area (Å²) < 4.78 is 36.3. The van der Waals surface area contributed by atoms with E-state index in [4.69, 9.17) is 9.47 Å². The van der Waals surface area contributed by atoms with E-state index < -0.39 is 33.4 Å². The van der Waals surface area contributed by atoms with Crippen LogP contribution in [0.1, 0.15) is 41.5 Å². The maximum atomic E-state index is 12.6. The molecule has 0 aliphatic heterocycles. The Morgan fingerprint density at radius 2 is 1.50 bits per heavy atom. The number of hydrogen-bond acceptors (Lipinski definition) is 6. The van der Waals surface area contributed by atoms with Crippen molar-refractivity contribution < 1.29 is 27.5 Å². The molecule has 0 aliphatic carbocycles. The Bertz CT molecular complexity index is 822. The third-order valence-corrected chi connectivity index (χ3v) is 4.84. The maximum absolute atomic E-state index is 12.6. The standard InChI is InChI=1S/C18H29N3O6S/c1-17(2,3)26-15(22)19-21(16(23)27-18(4,5)6)13-10-9-11-14(12-13)28(24,25)20(7)8/h9-12H,1-8H3,(H,19,22). The van der Waals surface area contributed by atoms with Crippen LogP contribution in [0.4, 0.5) is 15.3 Å². The summed E-state index contributed by atoms with van der Waals surface area (Å²) >= 11 is 0. The molecule has 1 aromatic rings. The molecule has 0 unspecified atom stereocenters. The summed E-state index contributed by atoms with van der Waals surface area (Å²) in [6.45, 7) is 10.0. The van der Waals surface area contributed by atoms with E-state index in [1.165, 1.54) is 38.4 Å². The summed E-state index contributed by atoms with van der Waals surface area (Å²) in [6, 6.07) is 5.58. The number of rotatable bonds is 3. The fourth-order valence-electron chi connectivity index (χ4n) is 1.91. The summed E-state index contributed by atoms with van der Waals surface area (Å²) in [5, 5.41) is 0.813. The molecule has 0 atom stereocenters. The average molecular weight is 416 g/mol. The van der Waals surface area contributed by atoms with Gasteiger partial charge in [0.25, 0.3) is 0 Å². The van der Waals surface area contributed by atoms with Crippen molar-refractivity contribution >= 4 is 27.9 Å². The van der Waals surface area contributed by atoms with E-state index in [1.54, 1.807) is 41.5 Å². The lowest BCUT2D eigenvalue weighted by Crippen LogP contribution is -2.50. The monoisotopic (exact) mass is 415 g/mol. The molecule has 0 bridgehead atoms. The van der Waals surface area contributed by atoms with Gasteiger partial charge in [-0.25, -0.2) is 27.7 Å². The third-order valence-electron chi connectivity index (χ3n) is 3.03. The van der Waals surface area contributed by atoms with Crippen molar-refractivity contribution in [3.05, 3.63) is 24.3 Å². The normalized spacial score (nSPS) is 12.5. The van der Waals surface area contributed by atoms with Crippen molar-refractivity contribution in [1.29, 1.82) is 0 Å². The molecule has 0 spiro atoms. The van der Waals surface area contributed by atoms with Crippen molar-refractivity contribution in [2.45, 2.75) is 57.6 Å². The van der Waals surface area contributed by atoms with Gasteiger partial charge in [-0.15, -0.1) is 0 Å². The Kier molecular flexibility index (Phi) is 7.08. The van der Waals surface area contributed by atoms with Gasteiger partial charge in [0.1, 0.15) is 11.2 Å². The number of hydrazine groups is 1. The van der Waals surface area contributed by atoms with Gasteiger partial charge in [-0.2, -0.15) is 5.01 Å². The van der Waals surface area contributed by atoms with E-state index in [1.807, 2.05) is 0 Å². The quantitative estimate of drug-likeness (QED) is 0.761. The van der Waals surface area contributed by atoms with E-state index in [9.17, 15) is 18.0 Å². The Morgan fingerprint density at radius 3 is 1.96 bits per heavy atom. The number of nitrogens with one attached hydrogen (secondary N) is 1. The van der Waals surface area contributed by atoms with Gasteiger partial charge in [0.2, 0.25) is 10.0 Å². The van der Waals surface area contributed by atoms with Gasteiger partial charge in [-0.05, 0) is 59.7 Å². The Hall–Kier alpha value is -2.33. The molecule has 0 aromatic heterocycles. The molecule has 0 radical (unpaired) electrons. The van der Waals surface area contributed by atoms with Gasteiger partial charge < -0.3 is 9.47 Å². The highest BCUT2D eigenvalue weighted by molar-refractivity contribution is 7.89. The zero-order valence-corrected chi connectivity index (χ0v) is 18.4. The molecular weight excluding hydrogens is 386 g/mol. The molecular formula is C18H29N3O6S. The van der Waals surface area contributed by atoms with Crippen LogP contribution in [0.5, 0.6) is 0 Å². The maximum Gasteiger partial charge on any atom is 0.434 e.